The van der Waals surface area contributed by atoms with Crippen molar-refractivity contribution in [2.75, 3.05) is 26.7 Å². The average molecular weight is 296 g/mol. The maximum Gasteiger partial charge on any atom is 0.0695 e. The molecule has 0 amide bonds. The summed E-state index contributed by atoms with van der Waals surface area (Å²) in [5.74, 6) is 0.740. The second-order valence-electron chi connectivity index (χ2n) is 8.34. The van der Waals surface area contributed by atoms with E-state index < -0.39 is 0 Å². The number of hydrogen-bond donors (Lipinski definition) is 1. The van der Waals surface area contributed by atoms with Gasteiger partial charge in [0.25, 0.3) is 0 Å². The lowest BCUT2D eigenvalue weighted by Crippen LogP contribution is -2.53. The summed E-state index contributed by atoms with van der Waals surface area (Å²) in [6.07, 6.45) is 5.71. The first-order valence-corrected chi connectivity index (χ1v) is 8.95. The van der Waals surface area contributed by atoms with Gasteiger partial charge in [-0.3, -0.25) is 4.90 Å². The third-order valence-corrected chi connectivity index (χ3v) is 6.11. The van der Waals surface area contributed by atoms with Gasteiger partial charge in [0.1, 0.15) is 0 Å². The molecule has 0 aromatic carbocycles. The van der Waals surface area contributed by atoms with Crippen molar-refractivity contribution >= 4 is 0 Å². The van der Waals surface area contributed by atoms with E-state index in [0.717, 1.165) is 18.8 Å². The molecule has 0 aromatic rings. The van der Waals surface area contributed by atoms with E-state index in [9.17, 15) is 5.11 Å². The first kappa shape index (κ1) is 17.2. The molecule has 2 rings (SSSR count). The summed E-state index contributed by atoms with van der Waals surface area (Å²) in [6, 6.07) is 1.02. The predicted octanol–water partition coefficient (Wildman–Crippen LogP) is 2.98. The molecule has 2 fully saturated rings. The Hall–Kier alpha value is -0.120. The van der Waals surface area contributed by atoms with Crippen LogP contribution in [-0.4, -0.2) is 59.8 Å². The van der Waals surface area contributed by atoms with E-state index in [1.807, 2.05) is 0 Å². The number of nitrogens with zero attached hydrogens (tertiary/aromatic N) is 2. The summed E-state index contributed by atoms with van der Waals surface area (Å²) in [6.45, 7) is 12.9. The molecule has 124 valence electrons. The first-order valence-electron chi connectivity index (χ1n) is 8.95. The fourth-order valence-electron chi connectivity index (χ4n) is 4.27. The van der Waals surface area contributed by atoms with Crippen molar-refractivity contribution in [1.29, 1.82) is 0 Å². The van der Waals surface area contributed by atoms with Crippen LogP contribution in [0.1, 0.15) is 59.8 Å². The standard InChI is InChI=1S/C18H36N2O/c1-6-20-11-9-15(10-12-20)19(5)16-13-14(18(2,3)4)7-8-17(16)21/h14-17,21H,6-13H2,1-5H3. The van der Waals surface area contributed by atoms with Crippen LogP contribution in [0.25, 0.3) is 0 Å². The third-order valence-electron chi connectivity index (χ3n) is 6.11. The molecule has 3 atom stereocenters. The Bertz CT molecular complexity index is 318. The minimum atomic E-state index is -0.127. The fraction of sp³-hybridized carbons (Fsp3) is 1.00. The maximum absolute atomic E-state index is 10.5. The van der Waals surface area contributed by atoms with Crippen LogP contribution in [0.2, 0.25) is 0 Å². The Kier molecular flexibility index (Phi) is 5.72. The lowest BCUT2D eigenvalue weighted by molar-refractivity contribution is -0.0317. The number of aliphatic hydroxyl groups excluding tert-OH is 1. The van der Waals surface area contributed by atoms with E-state index in [1.165, 1.54) is 38.9 Å². The van der Waals surface area contributed by atoms with Crippen LogP contribution >= 0.6 is 0 Å². The van der Waals surface area contributed by atoms with E-state index in [0.29, 0.717) is 17.5 Å². The van der Waals surface area contributed by atoms with Gasteiger partial charge in [-0.1, -0.05) is 27.7 Å². The molecule has 1 saturated carbocycles. The molecule has 21 heavy (non-hydrogen) atoms. The summed E-state index contributed by atoms with van der Waals surface area (Å²) >= 11 is 0. The molecule has 3 unspecified atom stereocenters. The van der Waals surface area contributed by atoms with Gasteiger partial charge in [0.15, 0.2) is 0 Å². The summed E-state index contributed by atoms with van der Waals surface area (Å²) < 4.78 is 0. The van der Waals surface area contributed by atoms with Crippen molar-refractivity contribution in [2.45, 2.75) is 78.0 Å². The number of hydrogen-bond acceptors (Lipinski definition) is 3. The minimum Gasteiger partial charge on any atom is -0.391 e. The molecule has 1 saturated heterocycles. The lowest BCUT2D eigenvalue weighted by Gasteiger charge is -2.47. The monoisotopic (exact) mass is 296 g/mol. The van der Waals surface area contributed by atoms with Crippen LogP contribution in [0.15, 0.2) is 0 Å². The summed E-state index contributed by atoms with van der Waals surface area (Å²) in [5.41, 5.74) is 0.366. The largest absolute Gasteiger partial charge is 0.391 e. The number of aliphatic hydroxyl groups is 1. The van der Waals surface area contributed by atoms with Crippen molar-refractivity contribution in [2.24, 2.45) is 11.3 Å². The fourth-order valence-corrected chi connectivity index (χ4v) is 4.27. The Morgan fingerprint density at radius 2 is 1.71 bits per heavy atom. The van der Waals surface area contributed by atoms with Gasteiger partial charge >= 0.3 is 0 Å². The molecule has 0 spiro atoms. The highest BCUT2D eigenvalue weighted by atomic mass is 16.3. The molecular weight excluding hydrogens is 260 g/mol. The highest BCUT2D eigenvalue weighted by Gasteiger charge is 2.38. The molecular formula is C18H36N2O. The van der Waals surface area contributed by atoms with Gasteiger partial charge in [0.2, 0.25) is 0 Å². The van der Waals surface area contributed by atoms with Crippen molar-refractivity contribution in [3.8, 4) is 0 Å². The van der Waals surface area contributed by atoms with E-state index in [4.69, 9.17) is 0 Å². The second-order valence-corrected chi connectivity index (χ2v) is 8.34. The SMILES string of the molecule is CCN1CCC(N(C)C2CC(C(C)(C)C)CCC2O)CC1. The van der Waals surface area contributed by atoms with Crippen LogP contribution in [0.5, 0.6) is 0 Å². The highest BCUT2D eigenvalue weighted by Crippen LogP contribution is 2.40. The van der Waals surface area contributed by atoms with E-state index in [-0.39, 0.29) is 6.10 Å². The van der Waals surface area contributed by atoms with Gasteiger partial charge < -0.3 is 10.0 Å². The van der Waals surface area contributed by atoms with Crippen LogP contribution in [0.3, 0.4) is 0 Å². The maximum atomic E-state index is 10.5. The molecule has 0 aromatic heterocycles. The lowest BCUT2D eigenvalue weighted by atomic mass is 9.69. The van der Waals surface area contributed by atoms with Crippen molar-refractivity contribution in [3.05, 3.63) is 0 Å². The summed E-state index contributed by atoms with van der Waals surface area (Å²) in [7, 11) is 2.26. The molecule has 1 N–H and O–H groups in total. The van der Waals surface area contributed by atoms with Gasteiger partial charge in [-0.25, -0.2) is 0 Å². The Morgan fingerprint density at radius 1 is 1.10 bits per heavy atom. The van der Waals surface area contributed by atoms with Crippen LogP contribution < -0.4 is 0 Å². The first-order chi connectivity index (χ1) is 9.82. The van der Waals surface area contributed by atoms with Crippen LogP contribution in [0, 0.1) is 11.3 Å². The van der Waals surface area contributed by atoms with Gasteiger partial charge in [-0.05, 0) is 70.1 Å². The zero-order valence-corrected chi connectivity index (χ0v) is 14.8. The zero-order chi connectivity index (χ0) is 15.6. The topological polar surface area (TPSA) is 26.7 Å². The molecule has 1 aliphatic carbocycles. The van der Waals surface area contributed by atoms with Gasteiger partial charge in [0.05, 0.1) is 6.10 Å². The molecule has 2 aliphatic rings. The number of rotatable bonds is 3. The van der Waals surface area contributed by atoms with Gasteiger partial charge in [-0.2, -0.15) is 0 Å². The molecule has 1 aliphatic heterocycles. The van der Waals surface area contributed by atoms with Crippen LogP contribution in [-0.2, 0) is 0 Å². The Labute approximate surface area is 131 Å². The quantitative estimate of drug-likeness (QED) is 0.867. The minimum absolute atomic E-state index is 0.127. The van der Waals surface area contributed by atoms with Crippen molar-refractivity contribution in [1.82, 2.24) is 9.80 Å². The average Bonchev–Trinajstić information content (AvgIpc) is 2.46. The summed E-state index contributed by atoms with van der Waals surface area (Å²) in [5, 5.41) is 10.5. The van der Waals surface area contributed by atoms with E-state index >= 15 is 0 Å². The Morgan fingerprint density at radius 3 is 2.24 bits per heavy atom. The predicted molar refractivity (Wildman–Crippen MR) is 89.5 cm³/mol. The smallest absolute Gasteiger partial charge is 0.0695 e. The van der Waals surface area contributed by atoms with E-state index in [1.54, 1.807) is 0 Å². The molecule has 3 heteroatoms. The van der Waals surface area contributed by atoms with E-state index in [2.05, 4.69) is 44.5 Å². The molecule has 3 nitrogen and oxygen atoms in total. The normalized spacial score (nSPS) is 33.6. The highest BCUT2D eigenvalue weighted by molar-refractivity contribution is 4.92. The third kappa shape index (κ3) is 4.20. The van der Waals surface area contributed by atoms with Gasteiger partial charge in [-0.15, -0.1) is 0 Å². The van der Waals surface area contributed by atoms with Gasteiger partial charge in [0, 0.05) is 12.1 Å². The number of likely N-dealkylation sites (N-methyl/N-ethyl adjacent to an activating group) is 1. The summed E-state index contributed by atoms with van der Waals surface area (Å²) in [4.78, 5) is 5.06. The second kappa shape index (κ2) is 6.97. The molecule has 0 radical (unpaired) electrons. The molecule has 0 bridgehead atoms. The molecule has 1 heterocycles. The number of likely N-dealkylation sites (tertiary alicyclic amines) is 1. The van der Waals surface area contributed by atoms with Crippen molar-refractivity contribution in [3.63, 3.8) is 0 Å². The Balaban J connectivity index is 1.95. The zero-order valence-electron chi connectivity index (χ0n) is 14.8. The van der Waals surface area contributed by atoms with Crippen molar-refractivity contribution < 1.29 is 5.11 Å². The van der Waals surface area contributed by atoms with Crippen LogP contribution in [0.4, 0.5) is 0 Å². The number of piperidine rings is 1.